The Morgan fingerprint density at radius 2 is 2.05 bits per heavy atom. The van der Waals surface area contributed by atoms with Crippen LogP contribution in [-0.4, -0.2) is 28.7 Å². The molecule has 19 heavy (non-hydrogen) atoms. The molecule has 0 aliphatic rings. The Morgan fingerprint density at radius 1 is 1.37 bits per heavy atom. The lowest BCUT2D eigenvalue weighted by molar-refractivity contribution is 0.153. The minimum Gasteiger partial charge on any atom is -0.385 e. The van der Waals surface area contributed by atoms with E-state index in [9.17, 15) is 8.42 Å². The van der Waals surface area contributed by atoms with Gasteiger partial charge in [0, 0.05) is 24.7 Å². The highest BCUT2D eigenvalue weighted by Crippen LogP contribution is 2.21. The van der Waals surface area contributed by atoms with E-state index >= 15 is 0 Å². The molecular weight excluding hydrogens is 330 g/mol. The van der Waals surface area contributed by atoms with Gasteiger partial charge in [0.25, 0.3) is 0 Å². The first-order valence-corrected chi connectivity index (χ1v) is 8.29. The molecule has 0 heterocycles. The summed E-state index contributed by atoms with van der Waals surface area (Å²) >= 11 is 3.27. The van der Waals surface area contributed by atoms with Gasteiger partial charge in [0.05, 0.1) is 4.90 Å². The number of halogens is 1. The molecule has 0 unspecified atom stereocenters. The summed E-state index contributed by atoms with van der Waals surface area (Å²) < 4.78 is 32.7. The SMILES string of the molecule is COCCC(C)(C)CNS(=O)(=O)c1cccc(Br)c1. The van der Waals surface area contributed by atoms with E-state index in [1.807, 2.05) is 13.8 Å². The third-order valence-corrected chi connectivity index (χ3v) is 4.72. The van der Waals surface area contributed by atoms with Crippen molar-refractivity contribution >= 4 is 26.0 Å². The molecule has 0 saturated heterocycles. The Morgan fingerprint density at radius 3 is 2.63 bits per heavy atom. The molecule has 1 rings (SSSR count). The molecular formula is C13H20BrNO3S. The van der Waals surface area contributed by atoms with Gasteiger partial charge in [0.15, 0.2) is 0 Å². The standard InChI is InChI=1S/C13H20BrNO3S/c1-13(2,7-8-18-3)10-15-19(16,17)12-6-4-5-11(14)9-12/h4-6,9,15H,7-8,10H2,1-3H3. The van der Waals surface area contributed by atoms with E-state index in [0.29, 0.717) is 13.2 Å². The van der Waals surface area contributed by atoms with Gasteiger partial charge < -0.3 is 4.74 Å². The van der Waals surface area contributed by atoms with Gasteiger partial charge in [-0.3, -0.25) is 0 Å². The van der Waals surface area contributed by atoms with E-state index in [1.54, 1.807) is 31.4 Å². The quantitative estimate of drug-likeness (QED) is 0.823. The topological polar surface area (TPSA) is 55.4 Å². The Hall–Kier alpha value is -0.430. The molecule has 0 aliphatic heterocycles. The third kappa shape index (κ3) is 5.60. The Kier molecular flexibility index (Phi) is 5.98. The van der Waals surface area contributed by atoms with E-state index in [4.69, 9.17) is 4.74 Å². The first-order valence-electron chi connectivity index (χ1n) is 6.01. The average molecular weight is 350 g/mol. The summed E-state index contributed by atoms with van der Waals surface area (Å²) in [5.74, 6) is 0. The van der Waals surface area contributed by atoms with E-state index in [1.165, 1.54) is 0 Å². The van der Waals surface area contributed by atoms with Crippen LogP contribution >= 0.6 is 15.9 Å². The van der Waals surface area contributed by atoms with Crippen molar-refractivity contribution < 1.29 is 13.2 Å². The van der Waals surface area contributed by atoms with Crippen LogP contribution in [0.2, 0.25) is 0 Å². The monoisotopic (exact) mass is 349 g/mol. The number of sulfonamides is 1. The third-order valence-electron chi connectivity index (χ3n) is 2.83. The van der Waals surface area contributed by atoms with Crippen LogP contribution in [0.15, 0.2) is 33.6 Å². The summed E-state index contributed by atoms with van der Waals surface area (Å²) in [5, 5.41) is 0. The van der Waals surface area contributed by atoms with E-state index < -0.39 is 10.0 Å². The predicted octanol–water partition coefficient (Wildman–Crippen LogP) is 2.79. The molecule has 0 bridgehead atoms. The normalized spacial score (nSPS) is 12.6. The summed E-state index contributed by atoms with van der Waals surface area (Å²) in [7, 11) is -1.82. The van der Waals surface area contributed by atoms with Crippen LogP contribution in [0, 0.1) is 5.41 Å². The number of ether oxygens (including phenoxy) is 1. The van der Waals surface area contributed by atoms with Crippen LogP contribution in [0.5, 0.6) is 0 Å². The zero-order valence-electron chi connectivity index (χ0n) is 11.4. The fourth-order valence-corrected chi connectivity index (χ4v) is 3.31. The number of hydrogen-bond donors (Lipinski definition) is 1. The van der Waals surface area contributed by atoms with Crippen LogP contribution in [-0.2, 0) is 14.8 Å². The second-order valence-corrected chi connectivity index (χ2v) is 7.87. The Balaban J connectivity index is 2.71. The summed E-state index contributed by atoms with van der Waals surface area (Å²) in [6.07, 6.45) is 0.796. The van der Waals surface area contributed by atoms with Crippen LogP contribution in [0.3, 0.4) is 0 Å². The van der Waals surface area contributed by atoms with Crippen molar-refractivity contribution in [1.29, 1.82) is 0 Å². The highest BCUT2D eigenvalue weighted by Gasteiger charge is 2.22. The lowest BCUT2D eigenvalue weighted by atomic mass is 9.90. The minimum atomic E-state index is -3.46. The predicted molar refractivity (Wildman–Crippen MR) is 79.6 cm³/mol. The second-order valence-electron chi connectivity index (χ2n) is 5.19. The fraction of sp³-hybridized carbons (Fsp3) is 0.538. The maximum absolute atomic E-state index is 12.1. The molecule has 0 spiro atoms. The molecule has 108 valence electrons. The highest BCUT2D eigenvalue weighted by atomic mass is 79.9. The Bertz CT molecular complexity index is 514. The number of hydrogen-bond acceptors (Lipinski definition) is 3. The number of nitrogens with one attached hydrogen (secondary N) is 1. The molecule has 0 aromatic heterocycles. The van der Waals surface area contributed by atoms with Gasteiger partial charge in [0.1, 0.15) is 0 Å². The first kappa shape index (κ1) is 16.6. The molecule has 0 saturated carbocycles. The Labute approximate surface area is 123 Å². The van der Waals surface area contributed by atoms with Crippen molar-refractivity contribution in [2.75, 3.05) is 20.3 Å². The van der Waals surface area contributed by atoms with Gasteiger partial charge in [-0.2, -0.15) is 0 Å². The maximum atomic E-state index is 12.1. The van der Waals surface area contributed by atoms with Crippen molar-refractivity contribution in [2.45, 2.75) is 25.2 Å². The van der Waals surface area contributed by atoms with E-state index in [2.05, 4.69) is 20.7 Å². The number of benzene rings is 1. The lowest BCUT2D eigenvalue weighted by Crippen LogP contribution is -2.34. The molecule has 1 N–H and O–H groups in total. The molecule has 4 nitrogen and oxygen atoms in total. The number of rotatable bonds is 7. The summed E-state index contributed by atoms with van der Waals surface area (Å²) in [6, 6.07) is 6.66. The minimum absolute atomic E-state index is 0.144. The molecule has 0 amide bonds. The van der Waals surface area contributed by atoms with Gasteiger partial charge in [-0.1, -0.05) is 35.8 Å². The van der Waals surface area contributed by atoms with Crippen molar-refractivity contribution in [3.05, 3.63) is 28.7 Å². The van der Waals surface area contributed by atoms with Crippen molar-refractivity contribution in [2.24, 2.45) is 5.41 Å². The average Bonchev–Trinajstić information content (AvgIpc) is 2.34. The smallest absolute Gasteiger partial charge is 0.240 e. The summed E-state index contributed by atoms with van der Waals surface area (Å²) in [4.78, 5) is 0.268. The lowest BCUT2D eigenvalue weighted by Gasteiger charge is -2.24. The zero-order valence-corrected chi connectivity index (χ0v) is 13.8. The van der Waals surface area contributed by atoms with Crippen LogP contribution < -0.4 is 4.72 Å². The molecule has 6 heteroatoms. The molecule has 0 aliphatic carbocycles. The van der Waals surface area contributed by atoms with Crippen LogP contribution in [0.25, 0.3) is 0 Å². The maximum Gasteiger partial charge on any atom is 0.240 e. The largest absolute Gasteiger partial charge is 0.385 e. The first-order chi connectivity index (χ1) is 8.77. The fourth-order valence-electron chi connectivity index (χ4n) is 1.47. The van der Waals surface area contributed by atoms with Crippen molar-refractivity contribution in [3.8, 4) is 0 Å². The van der Waals surface area contributed by atoms with Crippen LogP contribution in [0.4, 0.5) is 0 Å². The molecule has 1 aromatic carbocycles. The molecule has 1 aromatic rings. The number of methoxy groups -OCH3 is 1. The molecule has 0 fully saturated rings. The summed E-state index contributed by atoms with van der Waals surface area (Å²) in [5.41, 5.74) is -0.144. The second kappa shape index (κ2) is 6.83. The van der Waals surface area contributed by atoms with Gasteiger partial charge in [-0.05, 0) is 30.0 Å². The molecule has 0 radical (unpaired) electrons. The highest BCUT2D eigenvalue weighted by molar-refractivity contribution is 9.10. The van der Waals surface area contributed by atoms with Crippen molar-refractivity contribution in [3.63, 3.8) is 0 Å². The van der Waals surface area contributed by atoms with Gasteiger partial charge in [-0.15, -0.1) is 0 Å². The van der Waals surface area contributed by atoms with E-state index in [-0.39, 0.29) is 10.3 Å². The van der Waals surface area contributed by atoms with E-state index in [0.717, 1.165) is 10.9 Å². The van der Waals surface area contributed by atoms with Gasteiger partial charge in [-0.25, -0.2) is 13.1 Å². The van der Waals surface area contributed by atoms with Crippen LogP contribution in [0.1, 0.15) is 20.3 Å². The van der Waals surface area contributed by atoms with Crippen molar-refractivity contribution in [1.82, 2.24) is 4.72 Å². The zero-order chi connectivity index (χ0) is 14.5. The summed E-state index contributed by atoms with van der Waals surface area (Å²) in [6.45, 7) is 5.02. The van der Waals surface area contributed by atoms with Gasteiger partial charge in [0.2, 0.25) is 10.0 Å². The van der Waals surface area contributed by atoms with Gasteiger partial charge >= 0.3 is 0 Å². The molecule has 0 atom stereocenters.